The van der Waals surface area contributed by atoms with Gasteiger partial charge in [0, 0.05) is 30.1 Å². The van der Waals surface area contributed by atoms with Crippen LogP contribution in [0.25, 0.3) is 0 Å². The summed E-state index contributed by atoms with van der Waals surface area (Å²) in [6.45, 7) is 3.80. The second kappa shape index (κ2) is 5.68. The predicted molar refractivity (Wildman–Crippen MR) is 109 cm³/mol. The minimum absolute atomic E-state index is 0.114. The molecule has 4 fully saturated rings. The van der Waals surface area contributed by atoms with Crippen molar-refractivity contribution in [2.24, 2.45) is 0 Å². The summed E-state index contributed by atoms with van der Waals surface area (Å²) in [6.07, 6.45) is 1.24. The number of fused-ring (bicyclic) bond motifs is 5. The highest BCUT2D eigenvalue weighted by Crippen LogP contribution is 2.70. The first kappa shape index (κ1) is 18.8. The Hall–Kier alpha value is -1.23. The molecule has 5 aliphatic rings. The summed E-state index contributed by atoms with van der Waals surface area (Å²) >= 11 is -2.56. The number of carbonyl (C=O) groups excluding carboxylic acids is 2. The van der Waals surface area contributed by atoms with E-state index in [-0.39, 0.29) is 11.8 Å². The Labute approximate surface area is 174 Å². The SMILES string of the molecule is CCC[C@]12C[C@@]34SS[C@@](C)(C(=O)N3[C@H]1N(S(=O)[O-])c1ccccc12)N(C)C4=O. The van der Waals surface area contributed by atoms with E-state index < -0.39 is 32.6 Å². The Morgan fingerprint density at radius 2 is 1.96 bits per heavy atom. The molecule has 5 heterocycles. The number of hydrogen-bond donors (Lipinski definition) is 0. The number of amides is 2. The summed E-state index contributed by atoms with van der Waals surface area (Å²) < 4.78 is 26.0. The zero-order valence-corrected chi connectivity index (χ0v) is 18.2. The summed E-state index contributed by atoms with van der Waals surface area (Å²) in [5.41, 5.74) is 0.931. The van der Waals surface area contributed by atoms with Gasteiger partial charge in [0.1, 0.15) is 6.17 Å². The first-order chi connectivity index (χ1) is 13.2. The molecule has 2 bridgehead atoms. The normalized spacial score (nSPS) is 39.3. The number of hydrogen-bond acceptors (Lipinski definition) is 6. The molecule has 0 N–H and O–H groups in total. The molecule has 0 radical (unpaired) electrons. The first-order valence-corrected chi connectivity index (χ1v) is 12.4. The lowest BCUT2D eigenvalue weighted by Crippen LogP contribution is -2.76. The van der Waals surface area contributed by atoms with Gasteiger partial charge in [-0.25, -0.2) is 0 Å². The number of carbonyl (C=O) groups is 2. The molecule has 0 aromatic heterocycles. The van der Waals surface area contributed by atoms with E-state index in [1.54, 1.807) is 24.9 Å². The molecule has 7 nitrogen and oxygen atoms in total. The molecule has 5 aliphatic heterocycles. The van der Waals surface area contributed by atoms with Gasteiger partial charge in [0.25, 0.3) is 11.8 Å². The van der Waals surface area contributed by atoms with Crippen molar-refractivity contribution in [2.45, 2.75) is 54.4 Å². The Bertz CT molecular complexity index is 944. The van der Waals surface area contributed by atoms with Gasteiger partial charge in [-0.05, 0) is 25.0 Å². The van der Waals surface area contributed by atoms with Crippen LogP contribution in [0.4, 0.5) is 5.69 Å². The van der Waals surface area contributed by atoms with Crippen molar-refractivity contribution < 1.29 is 18.4 Å². The van der Waals surface area contributed by atoms with E-state index in [9.17, 15) is 18.4 Å². The van der Waals surface area contributed by atoms with Gasteiger partial charge in [0.2, 0.25) is 0 Å². The van der Waals surface area contributed by atoms with Gasteiger partial charge in [-0.3, -0.25) is 23.0 Å². The number of benzene rings is 1. The van der Waals surface area contributed by atoms with Crippen LogP contribution in [-0.2, 0) is 26.3 Å². The standard InChI is InChI=1S/C18H21N3O4S3/c1-4-9-17-10-18-15(23)19(3)16(2,26-27-18)14(22)20(18)13(17)21(28(24)25)12-8-6-5-7-11(12)17/h5-8,13H,4,9-10H2,1-3H3,(H,24,25)/p-1/t13-,16-,17+,18-/m0/s1. The third kappa shape index (κ3) is 1.86. The van der Waals surface area contributed by atoms with Crippen molar-refractivity contribution in [3.8, 4) is 0 Å². The average Bonchev–Trinajstić information content (AvgIpc) is 3.10. The smallest absolute Gasteiger partial charge is 0.262 e. The second-order valence-corrected chi connectivity index (χ2v) is 11.6. The lowest BCUT2D eigenvalue weighted by atomic mass is 9.74. The molecule has 1 spiro atoms. The Kier molecular flexibility index (Phi) is 3.81. The van der Waals surface area contributed by atoms with Crippen molar-refractivity contribution in [3.63, 3.8) is 0 Å². The molecule has 6 rings (SSSR count). The minimum Gasteiger partial charge on any atom is -0.755 e. The van der Waals surface area contributed by atoms with Gasteiger partial charge in [0.05, 0.1) is 5.69 Å². The maximum Gasteiger partial charge on any atom is 0.262 e. The summed E-state index contributed by atoms with van der Waals surface area (Å²) in [4.78, 5) is 28.1. The van der Waals surface area contributed by atoms with Gasteiger partial charge in [-0.2, -0.15) is 0 Å². The van der Waals surface area contributed by atoms with Crippen LogP contribution in [0.3, 0.4) is 0 Å². The molecule has 28 heavy (non-hydrogen) atoms. The van der Waals surface area contributed by atoms with E-state index in [4.69, 9.17) is 0 Å². The Morgan fingerprint density at radius 1 is 1.25 bits per heavy atom. The maximum atomic E-state index is 13.6. The predicted octanol–water partition coefficient (Wildman–Crippen LogP) is 2.18. The maximum absolute atomic E-state index is 13.6. The van der Waals surface area contributed by atoms with Crippen molar-refractivity contribution >= 4 is 50.4 Å². The fourth-order valence-corrected chi connectivity index (χ4v) is 9.73. The van der Waals surface area contributed by atoms with Crippen LogP contribution in [-0.4, -0.2) is 53.3 Å². The quantitative estimate of drug-likeness (QED) is 0.531. The van der Waals surface area contributed by atoms with E-state index >= 15 is 0 Å². The number of rotatable bonds is 3. The summed E-state index contributed by atoms with van der Waals surface area (Å²) in [5.74, 6) is -0.304. The molecular weight excluding hydrogens is 418 g/mol. The molecule has 150 valence electrons. The zero-order valence-electron chi connectivity index (χ0n) is 15.7. The van der Waals surface area contributed by atoms with Crippen molar-refractivity contribution in [1.29, 1.82) is 0 Å². The van der Waals surface area contributed by atoms with E-state index in [1.165, 1.54) is 30.8 Å². The van der Waals surface area contributed by atoms with Crippen LogP contribution in [0.1, 0.15) is 38.7 Å². The zero-order chi connectivity index (χ0) is 20.1. The number of likely N-dealkylation sites (N-methyl/N-ethyl adjacent to an activating group) is 1. The van der Waals surface area contributed by atoms with E-state index in [1.807, 2.05) is 18.2 Å². The Morgan fingerprint density at radius 3 is 2.64 bits per heavy atom. The van der Waals surface area contributed by atoms with Crippen LogP contribution in [0, 0.1) is 0 Å². The fourth-order valence-electron chi connectivity index (χ4n) is 5.41. The highest BCUT2D eigenvalue weighted by Gasteiger charge is 2.77. The third-order valence-corrected chi connectivity index (χ3v) is 11.1. The van der Waals surface area contributed by atoms with E-state index in [0.29, 0.717) is 18.5 Å². The number of nitrogens with zero attached hydrogens (tertiary/aromatic N) is 3. The van der Waals surface area contributed by atoms with E-state index in [2.05, 4.69) is 6.92 Å². The molecule has 1 unspecified atom stereocenters. The monoisotopic (exact) mass is 438 g/mol. The van der Waals surface area contributed by atoms with Crippen LogP contribution in [0.2, 0.25) is 0 Å². The summed E-state index contributed by atoms with van der Waals surface area (Å²) in [7, 11) is 4.50. The fraction of sp³-hybridized carbons (Fsp3) is 0.556. The van der Waals surface area contributed by atoms with Gasteiger partial charge < -0.3 is 9.45 Å². The molecule has 0 aliphatic carbocycles. The molecular formula is C18H20N3O4S3-. The van der Waals surface area contributed by atoms with Crippen LogP contribution in [0.5, 0.6) is 0 Å². The van der Waals surface area contributed by atoms with Gasteiger partial charge >= 0.3 is 0 Å². The number of para-hydroxylation sites is 1. The lowest BCUT2D eigenvalue weighted by Gasteiger charge is -2.58. The summed E-state index contributed by atoms with van der Waals surface area (Å²) in [5, 5.41) is 0. The average molecular weight is 439 g/mol. The van der Waals surface area contributed by atoms with Crippen LogP contribution < -0.4 is 4.31 Å². The topological polar surface area (TPSA) is 84.0 Å². The third-order valence-electron chi connectivity index (χ3n) is 6.68. The number of piperazine rings is 1. The first-order valence-electron chi connectivity index (χ1n) is 9.21. The molecule has 1 aromatic rings. The van der Waals surface area contributed by atoms with Crippen molar-refractivity contribution in [1.82, 2.24) is 9.80 Å². The summed E-state index contributed by atoms with van der Waals surface area (Å²) in [6, 6.07) is 7.45. The van der Waals surface area contributed by atoms with Gasteiger partial charge in [0.15, 0.2) is 9.74 Å². The van der Waals surface area contributed by atoms with Crippen molar-refractivity contribution in [2.75, 3.05) is 11.4 Å². The van der Waals surface area contributed by atoms with Gasteiger partial charge in [-0.15, -0.1) is 0 Å². The molecule has 2 amide bonds. The van der Waals surface area contributed by atoms with Crippen molar-refractivity contribution in [3.05, 3.63) is 29.8 Å². The molecule has 0 saturated carbocycles. The van der Waals surface area contributed by atoms with E-state index in [0.717, 1.165) is 12.0 Å². The molecule has 10 heteroatoms. The molecule has 5 atom stereocenters. The minimum atomic E-state index is -2.56. The molecule has 1 aromatic carbocycles. The van der Waals surface area contributed by atoms with Gasteiger partial charge in [-0.1, -0.05) is 53.1 Å². The lowest BCUT2D eigenvalue weighted by molar-refractivity contribution is -0.163. The molecule has 4 saturated heterocycles. The highest BCUT2D eigenvalue weighted by atomic mass is 33.1. The number of anilines is 1. The second-order valence-electron chi connectivity index (χ2n) is 7.99. The van der Waals surface area contributed by atoms with Crippen LogP contribution in [0.15, 0.2) is 24.3 Å². The largest absolute Gasteiger partial charge is 0.755 e. The van der Waals surface area contributed by atoms with Crippen LogP contribution >= 0.6 is 21.6 Å². The Balaban J connectivity index is 1.80. The highest BCUT2D eigenvalue weighted by molar-refractivity contribution is 8.78.